The van der Waals surface area contributed by atoms with Crippen LogP contribution in [0.15, 0.2) is 24.3 Å². The lowest BCUT2D eigenvalue weighted by atomic mass is 10.00. The lowest BCUT2D eigenvalue weighted by Crippen LogP contribution is -2.33. The number of hydrogen-bond acceptors (Lipinski definition) is 3. The first-order valence-corrected chi connectivity index (χ1v) is 7.09. The molecule has 0 radical (unpaired) electrons. The van der Waals surface area contributed by atoms with Gasteiger partial charge in [0.05, 0.1) is 12.8 Å². The SMILES string of the molecule is CCCC(CCN)CNC(=O)Nc1ccccc1OC. The molecule has 1 atom stereocenters. The molecule has 20 heavy (non-hydrogen) atoms. The van der Waals surface area contributed by atoms with Crippen molar-refractivity contribution in [3.63, 3.8) is 0 Å². The zero-order valence-corrected chi connectivity index (χ0v) is 12.3. The molecule has 2 amide bonds. The summed E-state index contributed by atoms with van der Waals surface area (Å²) in [6.45, 7) is 3.44. The number of para-hydroxylation sites is 2. The number of ether oxygens (including phenoxy) is 1. The first-order valence-electron chi connectivity index (χ1n) is 7.09. The number of rotatable bonds is 8. The topological polar surface area (TPSA) is 76.4 Å². The Kier molecular flexibility index (Phi) is 7.50. The molecule has 0 aliphatic carbocycles. The van der Waals surface area contributed by atoms with Gasteiger partial charge in [-0.3, -0.25) is 0 Å². The molecule has 0 aliphatic rings. The van der Waals surface area contributed by atoms with Gasteiger partial charge >= 0.3 is 6.03 Å². The second-order valence-electron chi connectivity index (χ2n) is 4.77. The van der Waals surface area contributed by atoms with E-state index in [1.54, 1.807) is 7.11 Å². The number of urea groups is 1. The Bertz CT molecular complexity index is 404. The van der Waals surface area contributed by atoms with Crippen molar-refractivity contribution in [2.75, 3.05) is 25.5 Å². The van der Waals surface area contributed by atoms with E-state index in [0.29, 0.717) is 30.4 Å². The first kappa shape index (κ1) is 16.3. The highest BCUT2D eigenvalue weighted by molar-refractivity contribution is 5.90. The Morgan fingerprint density at radius 1 is 1.35 bits per heavy atom. The Morgan fingerprint density at radius 3 is 2.75 bits per heavy atom. The van der Waals surface area contributed by atoms with E-state index in [9.17, 15) is 4.79 Å². The lowest BCUT2D eigenvalue weighted by molar-refractivity contribution is 0.249. The third-order valence-electron chi connectivity index (χ3n) is 3.18. The summed E-state index contributed by atoms with van der Waals surface area (Å²) in [7, 11) is 1.58. The fourth-order valence-corrected chi connectivity index (χ4v) is 2.14. The summed E-state index contributed by atoms with van der Waals surface area (Å²) in [6, 6.07) is 7.12. The Labute approximate surface area is 120 Å². The number of amides is 2. The first-order chi connectivity index (χ1) is 9.71. The molecule has 5 heteroatoms. The highest BCUT2D eigenvalue weighted by Gasteiger charge is 2.10. The van der Waals surface area contributed by atoms with E-state index in [1.807, 2.05) is 24.3 Å². The van der Waals surface area contributed by atoms with Crippen LogP contribution in [0.25, 0.3) is 0 Å². The van der Waals surface area contributed by atoms with Crippen LogP contribution in [0.1, 0.15) is 26.2 Å². The van der Waals surface area contributed by atoms with E-state index < -0.39 is 0 Å². The maximum absolute atomic E-state index is 11.9. The van der Waals surface area contributed by atoms with Crippen LogP contribution < -0.4 is 21.1 Å². The van der Waals surface area contributed by atoms with Gasteiger partial charge in [-0.2, -0.15) is 0 Å². The van der Waals surface area contributed by atoms with Gasteiger partial charge in [-0.15, -0.1) is 0 Å². The molecular weight excluding hydrogens is 254 g/mol. The van der Waals surface area contributed by atoms with Gasteiger partial charge in [-0.05, 0) is 37.4 Å². The fraction of sp³-hybridized carbons (Fsp3) is 0.533. The molecular formula is C15H25N3O2. The number of nitrogens with two attached hydrogens (primary N) is 1. The molecule has 112 valence electrons. The van der Waals surface area contributed by atoms with Gasteiger partial charge in [-0.25, -0.2) is 4.79 Å². The maximum atomic E-state index is 11.9. The maximum Gasteiger partial charge on any atom is 0.319 e. The van der Waals surface area contributed by atoms with Gasteiger partial charge in [0.15, 0.2) is 0 Å². The van der Waals surface area contributed by atoms with Crippen LogP contribution >= 0.6 is 0 Å². The molecule has 0 aliphatic heterocycles. The van der Waals surface area contributed by atoms with Crippen LogP contribution in [0, 0.1) is 5.92 Å². The Morgan fingerprint density at radius 2 is 2.10 bits per heavy atom. The van der Waals surface area contributed by atoms with E-state index in [2.05, 4.69) is 17.6 Å². The minimum atomic E-state index is -0.215. The summed E-state index contributed by atoms with van der Waals surface area (Å²) in [4.78, 5) is 11.9. The highest BCUT2D eigenvalue weighted by Crippen LogP contribution is 2.22. The zero-order valence-electron chi connectivity index (χ0n) is 12.3. The van der Waals surface area contributed by atoms with E-state index in [-0.39, 0.29) is 6.03 Å². The molecule has 0 aromatic heterocycles. The highest BCUT2D eigenvalue weighted by atomic mass is 16.5. The molecule has 0 saturated carbocycles. The molecule has 0 saturated heterocycles. The van der Waals surface area contributed by atoms with Crippen molar-refractivity contribution in [3.8, 4) is 5.75 Å². The Balaban J connectivity index is 2.46. The average Bonchev–Trinajstić information content (AvgIpc) is 2.46. The van der Waals surface area contributed by atoms with E-state index in [4.69, 9.17) is 10.5 Å². The normalized spacial score (nSPS) is 11.8. The van der Waals surface area contributed by atoms with Gasteiger partial charge in [0, 0.05) is 6.54 Å². The van der Waals surface area contributed by atoms with Crippen LogP contribution in [0.2, 0.25) is 0 Å². The third-order valence-corrected chi connectivity index (χ3v) is 3.18. The molecule has 1 aromatic rings. The molecule has 0 spiro atoms. The van der Waals surface area contributed by atoms with Gasteiger partial charge < -0.3 is 21.1 Å². The number of benzene rings is 1. The Hall–Kier alpha value is -1.75. The molecule has 5 nitrogen and oxygen atoms in total. The predicted molar refractivity (Wildman–Crippen MR) is 82.1 cm³/mol. The predicted octanol–water partition coefficient (Wildman–Crippen LogP) is 2.58. The van der Waals surface area contributed by atoms with Crippen molar-refractivity contribution >= 4 is 11.7 Å². The number of hydrogen-bond donors (Lipinski definition) is 3. The summed E-state index contributed by atoms with van der Waals surface area (Å²) < 4.78 is 5.19. The van der Waals surface area contributed by atoms with Crippen molar-refractivity contribution in [3.05, 3.63) is 24.3 Å². The van der Waals surface area contributed by atoms with Crippen molar-refractivity contribution < 1.29 is 9.53 Å². The summed E-state index contributed by atoms with van der Waals surface area (Å²) in [5.74, 6) is 1.09. The largest absolute Gasteiger partial charge is 0.495 e. The summed E-state index contributed by atoms with van der Waals surface area (Å²) in [6.07, 6.45) is 3.11. The quantitative estimate of drug-likeness (QED) is 0.684. The minimum absolute atomic E-state index is 0.215. The number of anilines is 1. The smallest absolute Gasteiger partial charge is 0.319 e. The number of nitrogens with one attached hydrogen (secondary N) is 2. The van der Waals surface area contributed by atoms with Crippen LogP contribution in [0.3, 0.4) is 0 Å². The fourth-order valence-electron chi connectivity index (χ4n) is 2.14. The van der Waals surface area contributed by atoms with Crippen LogP contribution in [-0.4, -0.2) is 26.2 Å². The van der Waals surface area contributed by atoms with Crippen molar-refractivity contribution in [1.82, 2.24) is 5.32 Å². The molecule has 1 rings (SSSR count). The molecule has 1 aromatic carbocycles. The van der Waals surface area contributed by atoms with Gasteiger partial charge in [0.1, 0.15) is 5.75 Å². The third kappa shape index (κ3) is 5.48. The number of carbonyl (C=O) groups is 1. The van der Waals surface area contributed by atoms with Gasteiger partial charge in [0.2, 0.25) is 0 Å². The van der Waals surface area contributed by atoms with E-state index >= 15 is 0 Å². The summed E-state index contributed by atoms with van der Waals surface area (Å²) in [5.41, 5.74) is 6.25. The molecule has 1 unspecified atom stereocenters. The number of carbonyl (C=O) groups excluding carboxylic acids is 1. The molecule has 4 N–H and O–H groups in total. The van der Waals surface area contributed by atoms with Crippen molar-refractivity contribution in [2.45, 2.75) is 26.2 Å². The second kappa shape index (κ2) is 9.20. The molecule has 0 heterocycles. The van der Waals surface area contributed by atoms with Crippen molar-refractivity contribution in [2.24, 2.45) is 11.7 Å². The molecule has 0 fully saturated rings. The lowest BCUT2D eigenvalue weighted by Gasteiger charge is -2.16. The monoisotopic (exact) mass is 279 g/mol. The van der Waals surface area contributed by atoms with Crippen LogP contribution in [0.4, 0.5) is 10.5 Å². The van der Waals surface area contributed by atoms with E-state index in [1.165, 1.54) is 0 Å². The van der Waals surface area contributed by atoms with E-state index in [0.717, 1.165) is 19.3 Å². The average molecular weight is 279 g/mol. The second-order valence-corrected chi connectivity index (χ2v) is 4.77. The summed E-state index contributed by atoms with van der Waals surface area (Å²) >= 11 is 0. The minimum Gasteiger partial charge on any atom is -0.495 e. The van der Waals surface area contributed by atoms with Crippen LogP contribution in [-0.2, 0) is 0 Å². The van der Waals surface area contributed by atoms with Crippen molar-refractivity contribution in [1.29, 1.82) is 0 Å². The summed E-state index contributed by atoms with van der Waals surface area (Å²) in [5, 5.41) is 5.69. The molecule has 0 bridgehead atoms. The number of methoxy groups -OCH3 is 1. The van der Waals surface area contributed by atoms with Gasteiger partial charge in [-0.1, -0.05) is 25.5 Å². The van der Waals surface area contributed by atoms with Gasteiger partial charge in [0.25, 0.3) is 0 Å². The zero-order chi connectivity index (χ0) is 14.8. The van der Waals surface area contributed by atoms with Crippen LogP contribution in [0.5, 0.6) is 5.75 Å². The standard InChI is InChI=1S/C15H25N3O2/c1-3-6-12(9-10-16)11-17-15(19)18-13-7-4-5-8-14(13)20-2/h4-5,7-8,12H,3,6,9-11,16H2,1-2H3,(H2,17,18,19).